The Kier molecular flexibility index (Phi) is 8.14. The molecular weight excluding hydrogens is 360 g/mol. The predicted octanol–water partition coefficient (Wildman–Crippen LogP) is 2.79. The predicted molar refractivity (Wildman–Crippen MR) is 107 cm³/mol. The number of amides is 2. The molecule has 0 aromatic heterocycles. The van der Waals surface area contributed by atoms with E-state index in [1.165, 1.54) is 0 Å². The van der Waals surface area contributed by atoms with E-state index in [9.17, 15) is 9.59 Å². The second-order valence-corrected chi connectivity index (χ2v) is 5.84. The van der Waals surface area contributed by atoms with Gasteiger partial charge in [0.15, 0.2) is 11.5 Å². The van der Waals surface area contributed by atoms with E-state index in [1.807, 2.05) is 32.0 Å². The molecule has 0 aliphatic rings. The van der Waals surface area contributed by atoms with E-state index in [-0.39, 0.29) is 0 Å². The molecule has 0 saturated heterocycles. The summed E-state index contributed by atoms with van der Waals surface area (Å²) in [6.07, 6.45) is 0.564. The zero-order valence-corrected chi connectivity index (χ0v) is 16.4. The minimum atomic E-state index is -0.716. The fourth-order valence-electron chi connectivity index (χ4n) is 2.51. The fourth-order valence-corrected chi connectivity index (χ4v) is 2.51. The Morgan fingerprint density at radius 1 is 0.893 bits per heavy atom. The van der Waals surface area contributed by atoms with Crippen molar-refractivity contribution in [2.75, 3.05) is 32.2 Å². The van der Waals surface area contributed by atoms with Crippen LogP contribution in [0.1, 0.15) is 19.4 Å². The second-order valence-electron chi connectivity index (χ2n) is 5.84. The molecule has 0 bridgehead atoms. The average Bonchev–Trinajstić information content (AvgIpc) is 2.70. The van der Waals surface area contributed by atoms with Crippen molar-refractivity contribution in [1.82, 2.24) is 5.32 Å². The average molecular weight is 386 g/mol. The molecule has 2 aromatic rings. The molecule has 2 aromatic carbocycles. The lowest BCUT2D eigenvalue weighted by Gasteiger charge is -2.12. The first-order valence-electron chi connectivity index (χ1n) is 9.19. The SMILES string of the molecule is CCOc1ccc(CCNC(=O)C(=O)Nc2ccc(OC)cc2)cc1OCC. The third-order valence-corrected chi connectivity index (χ3v) is 3.86. The van der Waals surface area contributed by atoms with Crippen molar-refractivity contribution in [2.24, 2.45) is 0 Å². The lowest BCUT2D eigenvalue weighted by Crippen LogP contribution is -2.36. The molecule has 0 aliphatic heterocycles. The van der Waals surface area contributed by atoms with E-state index in [1.54, 1.807) is 31.4 Å². The Morgan fingerprint density at radius 2 is 1.57 bits per heavy atom. The summed E-state index contributed by atoms with van der Waals surface area (Å²) >= 11 is 0. The topological polar surface area (TPSA) is 85.9 Å². The standard InChI is InChI=1S/C21H26N2O5/c1-4-27-18-11-6-15(14-19(18)28-5-2)12-13-22-20(24)21(25)23-16-7-9-17(26-3)10-8-16/h6-11,14H,4-5,12-13H2,1-3H3,(H,22,24)(H,23,25). The highest BCUT2D eigenvalue weighted by molar-refractivity contribution is 6.39. The third-order valence-electron chi connectivity index (χ3n) is 3.86. The maximum Gasteiger partial charge on any atom is 0.313 e. The molecule has 2 N–H and O–H groups in total. The van der Waals surface area contributed by atoms with Gasteiger partial charge in [0.1, 0.15) is 5.75 Å². The largest absolute Gasteiger partial charge is 0.497 e. The first-order chi connectivity index (χ1) is 13.6. The minimum absolute atomic E-state index is 0.328. The summed E-state index contributed by atoms with van der Waals surface area (Å²) in [5, 5.41) is 5.16. The first kappa shape index (κ1) is 21.1. The second kappa shape index (κ2) is 10.8. The zero-order valence-electron chi connectivity index (χ0n) is 16.4. The smallest absolute Gasteiger partial charge is 0.313 e. The summed E-state index contributed by atoms with van der Waals surface area (Å²) in [6.45, 7) is 5.24. The Morgan fingerprint density at radius 3 is 2.21 bits per heavy atom. The molecule has 28 heavy (non-hydrogen) atoms. The monoisotopic (exact) mass is 386 g/mol. The van der Waals surface area contributed by atoms with Crippen LogP contribution >= 0.6 is 0 Å². The van der Waals surface area contributed by atoms with Gasteiger partial charge >= 0.3 is 11.8 Å². The first-order valence-corrected chi connectivity index (χ1v) is 9.19. The van der Waals surface area contributed by atoms with Crippen LogP contribution in [0.2, 0.25) is 0 Å². The van der Waals surface area contributed by atoms with Gasteiger partial charge in [-0.15, -0.1) is 0 Å². The van der Waals surface area contributed by atoms with Gasteiger partial charge in [-0.1, -0.05) is 6.07 Å². The van der Waals surface area contributed by atoms with Gasteiger partial charge in [-0.05, 0) is 62.2 Å². The highest BCUT2D eigenvalue weighted by atomic mass is 16.5. The number of benzene rings is 2. The number of nitrogens with one attached hydrogen (secondary N) is 2. The summed E-state index contributed by atoms with van der Waals surface area (Å²) in [6, 6.07) is 12.4. The van der Waals surface area contributed by atoms with Crippen LogP contribution < -0.4 is 24.8 Å². The molecule has 150 valence electrons. The fraction of sp³-hybridized carbons (Fsp3) is 0.333. The minimum Gasteiger partial charge on any atom is -0.497 e. The van der Waals surface area contributed by atoms with Crippen molar-refractivity contribution in [3.8, 4) is 17.2 Å². The number of anilines is 1. The molecule has 0 fully saturated rings. The van der Waals surface area contributed by atoms with Crippen molar-refractivity contribution in [2.45, 2.75) is 20.3 Å². The molecule has 0 atom stereocenters. The van der Waals surface area contributed by atoms with Gasteiger partial charge in [0.25, 0.3) is 0 Å². The van der Waals surface area contributed by atoms with Gasteiger partial charge in [0.05, 0.1) is 20.3 Å². The quantitative estimate of drug-likeness (QED) is 0.647. The number of ether oxygens (including phenoxy) is 3. The van der Waals surface area contributed by atoms with Crippen LogP contribution in [0.4, 0.5) is 5.69 Å². The maximum atomic E-state index is 12.0. The molecule has 0 spiro atoms. The van der Waals surface area contributed by atoms with Gasteiger partial charge in [-0.25, -0.2) is 0 Å². The molecule has 0 saturated carbocycles. The van der Waals surface area contributed by atoms with Crippen LogP contribution in [0, 0.1) is 0 Å². The van der Waals surface area contributed by atoms with Gasteiger partial charge in [0, 0.05) is 12.2 Å². The maximum absolute atomic E-state index is 12.0. The number of carbonyl (C=O) groups excluding carboxylic acids is 2. The van der Waals surface area contributed by atoms with Crippen molar-refractivity contribution in [1.29, 1.82) is 0 Å². The summed E-state index contributed by atoms with van der Waals surface area (Å²) in [5.41, 5.74) is 1.50. The van der Waals surface area contributed by atoms with E-state index < -0.39 is 11.8 Å². The molecular formula is C21H26N2O5. The van der Waals surface area contributed by atoms with Crippen molar-refractivity contribution in [3.63, 3.8) is 0 Å². The lowest BCUT2D eigenvalue weighted by atomic mass is 10.1. The highest BCUT2D eigenvalue weighted by Gasteiger charge is 2.13. The molecule has 2 rings (SSSR count). The molecule has 2 amide bonds. The Bertz CT molecular complexity index is 790. The summed E-state index contributed by atoms with van der Waals surface area (Å²) in [5.74, 6) is 0.629. The van der Waals surface area contributed by atoms with Gasteiger partial charge < -0.3 is 24.8 Å². The molecule has 7 nitrogen and oxygen atoms in total. The highest BCUT2D eigenvalue weighted by Crippen LogP contribution is 2.28. The third kappa shape index (κ3) is 6.19. The number of hydrogen-bond acceptors (Lipinski definition) is 5. The number of rotatable bonds is 9. The van der Waals surface area contributed by atoms with E-state index in [2.05, 4.69) is 10.6 Å². The van der Waals surface area contributed by atoms with Crippen LogP contribution in [-0.4, -0.2) is 38.7 Å². The van der Waals surface area contributed by atoms with E-state index in [4.69, 9.17) is 14.2 Å². The Hall–Kier alpha value is -3.22. The zero-order chi connectivity index (χ0) is 20.4. The molecule has 7 heteroatoms. The van der Waals surface area contributed by atoms with Crippen LogP contribution in [0.25, 0.3) is 0 Å². The molecule has 0 aliphatic carbocycles. The number of methoxy groups -OCH3 is 1. The Labute approximate surface area is 165 Å². The normalized spacial score (nSPS) is 10.1. The Balaban J connectivity index is 1.85. The van der Waals surface area contributed by atoms with Crippen LogP contribution in [0.5, 0.6) is 17.2 Å². The number of hydrogen-bond donors (Lipinski definition) is 2. The number of carbonyl (C=O) groups is 2. The molecule has 0 radical (unpaired) electrons. The lowest BCUT2D eigenvalue weighted by molar-refractivity contribution is -0.136. The van der Waals surface area contributed by atoms with Crippen LogP contribution in [0.15, 0.2) is 42.5 Å². The van der Waals surface area contributed by atoms with Crippen LogP contribution in [0.3, 0.4) is 0 Å². The van der Waals surface area contributed by atoms with E-state index in [0.717, 1.165) is 5.56 Å². The van der Waals surface area contributed by atoms with E-state index in [0.29, 0.717) is 49.1 Å². The van der Waals surface area contributed by atoms with Gasteiger partial charge in [0.2, 0.25) is 0 Å². The molecule has 0 heterocycles. The summed E-state index contributed by atoms with van der Waals surface area (Å²) in [7, 11) is 1.56. The van der Waals surface area contributed by atoms with Crippen LogP contribution in [-0.2, 0) is 16.0 Å². The summed E-state index contributed by atoms with van der Waals surface area (Å²) < 4.78 is 16.2. The van der Waals surface area contributed by atoms with Crippen molar-refractivity contribution < 1.29 is 23.8 Å². The van der Waals surface area contributed by atoms with E-state index >= 15 is 0 Å². The van der Waals surface area contributed by atoms with Gasteiger partial charge in [-0.3, -0.25) is 9.59 Å². The molecule has 0 unspecified atom stereocenters. The van der Waals surface area contributed by atoms with Gasteiger partial charge in [-0.2, -0.15) is 0 Å². The summed E-state index contributed by atoms with van der Waals surface area (Å²) in [4.78, 5) is 24.0. The van der Waals surface area contributed by atoms with Crippen molar-refractivity contribution in [3.05, 3.63) is 48.0 Å². The van der Waals surface area contributed by atoms with Crippen molar-refractivity contribution >= 4 is 17.5 Å².